The van der Waals surface area contributed by atoms with Gasteiger partial charge in [0, 0.05) is 6.54 Å². The van der Waals surface area contributed by atoms with E-state index in [4.69, 9.17) is 14.6 Å². The number of hydrogen-bond acceptors (Lipinski definition) is 4. The molecule has 2 atom stereocenters. The van der Waals surface area contributed by atoms with Gasteiger partial charge in [0.1, 0.15) is 5.75 Å². The number of aliphatic carboxylic acids is 1. The number of carbonyl (C=O) groups is 2. The van der Waals surface area contributed by atoms with Gasteiger partial charge in [0.15, 0.2) is 12.7 Å². The average molecular weight is 358 g/mol. The van der Waals surface area contributed by atoms with Gasteiger partial charge in [-0.15, -0.1) is 0 Å². The molecule has 0 radical (unpaired) electrons. The summed E-state index contributed by atoms with van der Waals surface area (Å²) >= 11 is 3.33. The van der Waals surface area contributed by atoms with Crippen LogP contribution in [0.25, 0.3) is 0 Å². The van der Waals surface area contributed by atoms with Crippen molar-refractivity contribution in [2.45, 2.75) is 19.1 Å². The molecule has 1 saturated heterocycles. The minimum Gasteiger partial charge on any atom is -0.483 e. The van der Waals surface area contributed by atoms with Crippen molar-refractivity contribution in [1.82, 2.24) is 4.90 Å². The molecule has 21 heavy (non-hydrogen) atoms. The molecule has 0 aliphatic carbocycles. The number of carboxylic acids is 1. The number of ether oxygens (including phenoxy) is 2. The van der Waals surface area contributed by atoms with Crippen molar-refractivity contribution in [3.05, 3.63) is 28.7 Å². The highest BCUT2D eigenvalue weighted by Crippen LogP contribution is 2.23. The van der Waals surface area contributed by atoms with Crippen molar-refractivity contribution >= 4 is 27.8 Å². The molecule has 0 bridgehead atoms. The Balaban J connectivity index is 1.93. The first-order valence-corrected chi connectivity index (χ1v) is 7.30. The molecule has 0 aromatic heterocycles. The maximum absolute atomic E-state index is 12.1. The van der Waals surface area contributed by atoms with E-state index in [2.05, 4.69) is 15.9 Å². The Labute approximate surface area is 130 Å². The second-order valence-corrected chi connectivity index (χ2v) is 5.65. The zero-order valence-electron chi connectivity index (χ0n) is 11.5. The van der Waals surface area contributed by atoms with Crippen LogP contribution in [0.5, 0.6) is 5.75 Å². The second-order valence-electron chi connectivity index (χ2n) is 4.79. The molecule has 1 aliphatic heterocycles. The number of para-hydroxylation sites is 1. The number of carbonyl (C=O) groups excluding carboxylic acids is 1. The molecule has 2 rings (SSSR count). The van der Waals surface area contributed by atoms with Crippen molar-refractivity contribution in [3.8, 4) is 5.75 Å². The van der Waals surface area contributed by atoms with Gasteiger partial charge in [0.25, 0.3) is 5.91 Å². The molecule has 1 heterocycles. The maximum atomic E-state index is 12.1. The summed E-state index contributed by atoms with van der Waals surface area (Å²) in [5.74, 6) is -0.750. The van der Waals surface area contributed by atoms with Gasteiger partial charge in [-0.3, -0.25) is 4.79 Å². The summed E-state index contributed by atoms with van der Waals surface area (Å²) in [6.45, 7) is 2.01. The molecule has 1 N–H and O–H groups in total. The van der Waals surface area contributed by atoms with Crippen molar-refractivity contribution in [3.63, 3.8) is 0 Å². The first kappa shape index (κ1) is 15.8. The standard InChI is InChI=1S/C14H16BrNO5/c1-9-6-16(7-12(21-9)14(18)19)13(17)8-20-11-5-3-2-4-10(11)15/h2-5,9,12H,6-8H2,1H3,(H,18,19)/t9-,12?/m1/s1. The monoisotopic (exact) mass is 357 g/mol. The summed E-state index contributed by atoms with van der Waals surface area (Å²) in [4.78, 5) is 24.6. The molecule has 0 saturated carbocycles. The van der Waals surface area contributed by atoms with E-state index in [1.54, 1.807) is 13.0 Å². The molecule has 1 fully saturated rings. The average Bonchev–Trinajstić information content (AvgIpc) is 2.45. The van der Waals surface area contributed by atoms with E-state index in [0.29, 0.717) is 12.3 Å². The van der Waals surface area contributed by atoms with Crippen molar-refractivity contribution in [2.75, 3.05) is 19.7 Å². The highest BCUT2D eigenvalue weighted by atomic mass is 79.9. The maximum Gasteiger partial charge on any atom is 0.334 e. The lowest BCUT2D eigenvalue weighted by atomic mass is 10.2. The highest BCUT2D eigenvalue weighted by Gasteiger charge is 2.32. The van der Waals surface area contributed by atoms with Crippen molar-refractivity contribution in [2.24, 2.45) is 0 Å². The number of amides is 1. The van der Waals surface area contributed by atoms with E-state index >= 15 is 0 Å². The number of carboxylic acid groups (broad SMARTS) is 1. The molecular weight excluding hydrogens is 342 g/mol. The van der Waals surface area contributed by atoms with Crippen LogP contribution in [0.1, 0.15) is 6.92 Å². The number of rotatable bonds is 4. The lowest BCUT2D eigenvalue weighted by molar-refractivity contribution is -0.167. The molecule has 1 aliphatic rings. The van der Waals surface area contributed by atoms with Gasteiger partial charge in [-0.1, -0.05) is 12.1 Å². The predicted octanol–water partition coefficient (Wildman–Crippen LogP) is 1.53. The van der Waals surface area contributed by atoms with Crippen LogP contribution in [-0.2, 0) is 14.3 Å². The molecule has 114 valence electrons. The Bertz CT molecular complexity index is 536. The Hall–Kier alpha value is -1.60. The van der Waals surface area contributed by atoms with Crippen LogP contribution in [0.15, 0.2) is 28.7 Å². The van der Waals surface area contributed by atoms with Gasteiger partial charge in [-0.05, 0) is 35.0 Å². The van der Waals surface area contributed by atoms with E-state index in [-0.39, 0.29) is 25.2 Å². The lowest BCUT2D eigenvalue weighted by Gasteiger charge is -2.34. The largest absolute Gasteiger partial charge is 0.483 e. The van der Waals surface area contributed by atoms with Crippen LogP contribution < -0.4 is 4.74 Å². The highest BCUT2D eigenvalue weighted by molar-refractivity contribution is 9.10. The van der Waals surface area contributed by atoms with Gasteiger partial charge in [0.2, 0.25) is 0 Å². The summed E-state index contributed by atoms with van der Waals surface area (Å²) in [5, 5.41) is 9.00. The van der Waals surface area contributed by atoms with Crippen LogP contribution in [0, 0.1) is 0 Å². The quantitative estimate of drug-likeness (QED) is 0.884. The molecule has 6 nitrogen and oxygen atoms in total. The van der Waals surface area contributed by atoms with E-state index in [0.717, 1.165) is 4.47 Å². The van der Waals surface area contributed by atoms with Crippen molar-refractivity contribution < 1.29 is 24.2 Å². The Kier molecular flexibility index (Phi) is 5.19. The van der Waals surface area contributed by atoms with E-state index < -0.39 is 12.1 Å². The zero-order valence-corrected chi connectivity index (χ0v) is 13.1. The van der Waals surface area contributed by atoms with Crippen LogP contribution in [-0.4, -0.2) is 53.8 Å². The fraction of sp³-hybridized carbons (Fsp3) is 0.429. The zero-order chi connectivity index (χ0) is 15.4. The molecule has 7 heteroatoms. The summed E-state index contributed by atoms with van der Waals surface area (Å²) in [7, 11) is 0. The van der Waals surface area contributed by atoms with Crippen molar-refractivity contribution in [1.29, 1.82) is 0 Å². The smallest absolute Gasteiger partial charge is 0.334 e. The first-order chi connectivity index (χ1) is 9.97. The molecule has 1 aromatic rings. The number of halogens is 1. The molecular formula is C14H16BrNO5. The molecule has 1 amide bonds. The summed E-state index contributed by atoms with van der Waals surface area (Å²) < 4.78 is 11.5. The number of benzene rings is 1. The molecule has 1 aromatic carbocycles. The number of hydrogen-bond donors (Lipinski definition) is 1. The first-order valence-electron chi connectivity index (χ1n) is 6.50. The summed E-state index contributed by atoms with van der Waals surface area (Å²) in [5.41, 5.74) is 0. The van der Waals surface area contributed by atoms with Crippen LogP contribution in [0.4, 0.5) is 0 Å². The normalized spacial score (nSPS) is 21.9. The molecule has 1 unspecified atom stereocenters. The van der Waals surface area contributed by atoms with E-state index in [1.807, 2.05) is 18.2 Å². The third-order valence-corrected chi connectivity index (χ3v) is 3.73. The SMILES string of the molecule is C[C@@H]1CN(C(=O)COc2ccccc2Br)CC(C(=O)O)O1. The third kappa shape index (κ3) is 4.18. The predicted molar refractivity (Wildman–Crippen MR) is 78.2 cm³/mol. The topological polar surface area (TPSA) is 76.1 Å². The van der Waals surface area contributed by atoms with Gasteiger partial charge in [0.05, 0.1) is 17.1 Å². The van der Waals surface area contributed by atoms with Gasteiger partial charge >= 0.3 is 5.97 Å². The van der Waals surface area contributed by atoms with E-state index in [1.165, 1.54) is 4.90 Å². The number of nitrogens with zero attached hydrogens (tertiary/aromatic N) is 1. The minimum absolute atomic E-state index is 0.0395. The van der Waals surface area contributed by atoms with Gasteiger partial charge < -0.3 is 19.5 Å². The fourth-order valence-corrected chi connectivity index (χ4v) is 2.48. The molecule has 0 spiro atoms. The fourth-order valence-electron chi connectivity index (χ4n) is 2.08. The van der Waals surface area contributed by atoms with Gasteiger partial charge in [-0.2, -0.15) is 0 Å². The van der Waals surface area contributed by atoms with Gasteiger partial charge in [-0.25, -0.2) is 4.79 Å². The third-order valence-electron chi connectivity index (χ3n) is 3.08. The summed E-state index contributed by atoms with van der Waals surface area (Å²) in [6, 6.07) is 7.22. The Morgan fingerprint density at radius 3 is 2.81 bits per heavy atom. The van der Waals surface area contributed by atoms with Crippen LogP contribution in [0.3, 0.4) is 0 Å². The summed E-state index contributed by atoms with van der Waals surface area (Å²) in [6.07, 6.45) is -1.30. The Morgan fingerprint density at radius 1 is 1.43 bits per heavy atom. The van der Waals surface area contributed by atoms with Crippen LogP contribution >= 0.6 is 15.9 Å². The van der Waals surface area contributed by atoms with Crippen LogP contribution in [0.2, 0.25) is 0 Å². The lowest BCUT2D eigenvalue weighted by Crippen LogP contribution is -2.52. The number of morpholine rings is 1. The second kappa shape index (κ2) is 6.91. The minimum atomic E-state index is -1.06. The van der Waals surface area contributed by atoms with E-state index in [9.17, 15) is 9.59 Å². The Morgan fingerprint density at radius 2 is 2.14 bits per heavy atom.